The van der Waals surface area contributed by atoms with Gasteiger partial charge in [-0.3, -0.25) is 14.2 Å². The van der Waals surface area contributed by atoms with E-state index in [9.17, 15) is 9.59 Å². The van der Waals surface area contributed by atoms with Crippen molar-refractivity contribution in [2.24, 2.45) is 5.92 Å². The molecule has 33 heavy (non-hydrogen) atoms. The second-order valence-electron chi connectivity index (χ2n) is 8.57. The minimum atomic E-state index is -0.158. The van der Waals surface area contributed by atoms with E-state index < -0.39 is 0 Å². The van der Waals surface area contributed by atoms with Crippen LogP contribution in [0.3, 0.4) is 0 Å². The molecule has 0 spiro atoms. The zero-order valence-electron chi connectivity index (χ0n) is 19.3. The Morgan fingerprint density at radius 1 is 1.12 bits per heavy atom. The van der Waals surface area contributed by atoms with Gasteiger partial charge in [0.05, 0.1) is 37.5 Å². The molecule has 1 unspecified atom stereocenters. The van der Waals surface area contributed by atoms with Gasteiger partial charge in [-0.2, -0.15) is 0 Å². The Labute approximate surface area is 193 Å². The molecule has 3 aromatic rings. The minimum Gasteiger partial charge on any atom is -0.493 e. The number of nitrogens with one attached hydrogen (secondary N) is 1. The van der Waals surface area contributed by atoms with Gasteiger partial charge in [0.15, 0.2) is 11.5 Å². The third-order valence-electron chi connectivity index (χ3n) is 6.48. The van der Waals surface area contributed by atoms with E-state index in [0.29, 0.717) is 47.7 Å². The molecule has 0 bridgehead atoms. The Balaban J connectivity index is 1.41. The van der Waals surface area contributed by atoms with Crippen LogP contribution in [0, 0.1) is 5.92 Å². The summed E-state index contributed by atoms with van der Waals surface area (Å²) >= 11 is 0. The minimum absolute atomic E-state index is 0.0176. The molecule has 1 N–H and O–H groups in total. The lowest BCUT2D eigenvalue weighted by Gasteiger charge is -2.25. The van der Waals surface area contributed by atoms with Crippen LogP contribution in [-0.2, 0) is 11.3 Å². The van der Waals surface area contributed by atoms with Gasteiger partial charge in [0.25, 0.3) is 5.56 Å². The van der Waals surface area contributed by atoms with Gasteiger partial charge in [0.2, 0.25) is 5.91 Å². The second kappa shape index (κ2) is 10.5. The lowest BCUT2D eigenvalue weighted by Crippen LogP contribution is -2.33. The number of fused-ring (bicyclic) bond motifs is 1. The molecule has 1 fully saturated rings. The normalized spacial score (nSPS) is 14.8. The summed E-state index contributed by atoms with van der Waals surface area (Å²) in [7, 11) is 3.08. The fraction of sp³-hybridized carbons (Fsp3) is 0.423. The van der Waals surface area contributed by atoms with Crippen LogP contribution in [0.25, 0.3) is 10.9 Å². The number of ether oxygens (including phenoxy) is 2. The number of hydrogen-bond acceptors (Lipinski definition) is 5. The molecule has 1 heterocycles. The first-order chi connectivity index (χ1) is 16.1. The lowest BCUT2D eigenvalue weighted by atomic mass is 9.91. The van der Waals surface area contributed by atoms with E-state index in [1.54, 1.807) is 23.8 Å². The number of carbonyl (C=O) groups excluding carboxylic acids is 1. The molecule has 0 radical (unpaired) electrons. The Hall–Kier alpha value is -3.35. The zero-order valence-corrected chi connectivity index (χ0v) is 19.3. The summed E-state index contributed by atoms with van der Waals surface area (Å²) in [6, 6.07) is 13.6. The summed E-state index contributed by atoms with van der Waals surface area (Å²) in [6.45, 7) is 0.420. The van der Waals surface area contributed by atoms with E-state index in [1.807, 2.05) is 18.2 Å². The van der Waals surface area contributed by atoms with E-state index in [2.05, 4.69) is 22.4 Å². The van der Waals surface area contributed by atoms with Gasteiger partial charge in [-0.15, -0.1) is 0 Å². The maximum atomic E-state index is 12.9. The molecule has 7 heteroatoms. The summed E-state index contributed by atoms with van der Waals surface area (Å²) < 4.78 is 12.2. The van der Waals surface area contributed by atoms with E-state index in [1.165, 1.54) is 26.3 Å². The largest absolute Gasteiger partial charge is 0.493 e. The molecule has 1 atom stereocenters. The Kier molecular flexibility index (Phi) is 7.27. The van der Waals surface area contributed by atoms with Crippen molar-refractivity contribution in [3.05, 3.63) is 64.7 Å². The topological polar surface area (TPSA) is 82.5 Å². The fourth-order valence-corrected chi connectivity index (χ4v) is 4.72. The summed E-state index contributed by atoms with van der Waals surface area (Å²) in [4.78, 5) is 30.1. The first kappa shape index (κ1) is 22.8. The molecular formula is C26H31N3O4. The van der Waals surface area contributed by atoms with Crippen LogP contribution >= 0.6 is 0 Å². The van der Waals surface area contributed by atoms with Crippen molar-refractivity contribution in [3.8, 4) is 11.5 Å². The summed E-state index contributed by atoms with van der Waals surface area (Å²) in [5.41, 5.74) is 1.56. The number of carbonyl (C=O) groups is 1. The molecule has 1 amide bonds. The third kappa shape index (κ3) is 5.18. The van der Waals surface area contributed by atoms with Crippen LogP contribution in [-0.4, -0.2) is 29.7 Å². The highest BCUT2D eigenvalue weighted by atomic mass is 16.5. The molecule has 174 valence electrons. The fourth-order valence-electron chi connectivity index (χ4n) is 4.72. The van der Waals surface area contributed by atoms with Gasteiger partial charge in [0, 0.05) is 19.0 Å². The smallest absolute Gasteiger partial charge is 0.261 e. The number of rotatable bonds is 9. The Bertz CT molecular complexity index is 1150. The van der Waals surface area contributed by atoms with Gasteiger partial charge in [0.1, 0.15) is 0 Å². The Morgan fingerprint density at radius 3 is 2.52 bits per heavy atom. The van der Waals surface area contributed by atoms with Crippen molar-refractivity contribution in [2.75, 3.05) is 14.2 Å². The number of methoxy groups -OCH3 is 2. The highest BCUT2D eigenvalue weighted by molar-refractivity contribution is 5.81. The van der Waals surface area contributed by atoms with Gasteiger partial charge >= 0.3 is 0 Å². The molecule has 0 saturated heterocycles. The highest BCUT2D eigenvalue weighted by Crippen LogP contribution is 2.35. The predicted molar refractivity (Wildman–Crippen MR) is 128 cm³/mol. The lowest BCUT2D eigenvalue weighted by molar-refractivity contribution is -0.122. The quantitative estimate of drug-likeness (QED) is 0.528. The van der Waals surface area contributed by atoms with Crippen molar-refractivity contribution in [1.29, 1.82) is 0 Å². The number of amides is 1. The SMILES string of the molecule is COc1cc2ncn(CCCC(=O)NC(c3ccccc3)C3CCCC3)c(=O)c2cc1OC. The first-order valence-electron chi connectivity index (χ1n) is 11.6. The maximum absolute atomic E-state index is 12.9. The van der Waals surface area contributed by atoms with E-state index in [0.717, 1.165) is 18.4 Å². The molecule has 0 aliphatic heterocycles. The molecule has 7 nitrogen and oxygen atoms in total. The van der Waals surface area contributed by atoms with E-state index >= 15 is 0 Å². The number of benzene rings is 2. The zero-order chi connectivity index (χ0) is 23.2. The molecule has 4 rings (SSSR count). The predicted octanol–water partition coefficient (Wildman–Crippen LogP) is 4.24. The number of aromatic nitrogens is 2. The van der Waals surface area contributed by atoms with Crippen molar-refractivity contribution >= 4 is 16.8 Å². The van der Waals surface area contributed by atoms with Gasteiger partial charge in [-0.05, 0) is 36.8 Å². The van der Waals surface area contributed by atoms with Crippen molar-refractivity contribution < 1.29 is 14.3 Å². The van der Waals surface area contributed by atoms with Crippen LogP contribution in [0.5, 0.6) is 11.5 Å². The number of aryl methyl sites for hydroxylation is 1. The van der Waals surface area contributed by atoms with Crippen LogP contribution in [0.2, 0.25) is 0 Å². The van der Waals surface area contributed by atoms with Crippen LogP contribution < -0.4 is 20.3 Å². The second-order valence-corrected chi connectivity index (χ2v) is 8.57. The molecule has 1 aromatic heterocycles. The molecule has 1 aliphatic carbocycles. The maximum Gasteiger partial charge on any atom is 0.261 e. The first-order valence-corrected chi connectivity index (χ1v) is 11.6. The van der Waals surface area contributed by atoms with E-state index in [-0.39, 0.29) is 17.5 Å². The van der Waals surface area contributed by atoms with E-state index in [4.69, 9.17) is 9.47 Å². The van der Waals surface area contributed by atoms with Crippen LogP contribution in [0.15, 0.2) is 53.6 Å². The van der Waals surface area contributed by atoms with Crippen LogP contribution in [0.1, 0.15) is 50.1 Å². The van der Waals surface area contributed by atoms with Crippen LogP contribution in [0.4, 0.5) is 0 Å². The molecule has 1 saturated carbocycles. The average Bonchev–Trinajstić information content (AvgIpc) is 3.38. The van der Waals surface area contributed by atoms with Gasteiger partial charge < -0.3 is 14.8 Å². The van der Waals surface area contributed by atoms with Crippen molar-refractivity contribution in [1.82, 2.24) is 14.9 Å². The van der Waals surface area contributed by atoms with Crippen molar-refractivity contribution in [2.45, 2.75) is 51.1 Å². The number of nitrogens with zero attached hydrogens (tertiary/aromatic N) is 2. The molecule has 2 aromatic carbocycles. The van der Waals surface area contributed by atoms with Crippen molar-refractivity contribution in [3.63, 3.8) is 0 Å². The summed E-state index contributed by atoms with van der Waals surface area (Å²) in [5, 5.41) is 3.72. The Morgan fingerprint density at radius 2 is 1.82 bits per heavy atom. The van der Waals surface area contributed by atoms with Gasteiger partial charge in [-0.1, -0.05) is 43.2 Å². The summed E-state index contributed by atoms with van der Waals surface area (Å²) in [5.74, 6) is 1.51. The molecular weight excluding hydrogens is 418 g/mol. The monoisotopic (exact) mass is 449 g/mol. The molecule has 1 aliphatic rings. The average molecular weight is 450 g/mol. The standard InChI is InChI=1S/C26H31N3O4/c1-32-22-15-20-21(16-23(22)33-2)27-17-29(26(20)31)14-8-13-24(30)28-25(19-11-6-7-12-19)18-9-4-3-5-10-18/h3-5,9-10,15-17,19,25H,6-8,11-14H2,1-2H3,(H,28,30). The third-order valence-corrected chi connectivity index (χ3v) is 6.48. The van der Waals surface area contributed by atoms with Gasteiger partial charge in [-0.25, -0.2) is 4.98 Å². The highest BCUT2D eigenvalue weighted by Gasteiger charge is 2.27. The summed E-state index contributed by atoms with van der Waals surface area (Å²) in [6.07, 6.45) is 7.17. The number of hydrogen-bond donors (Lipinski definition) is 1.